The van der Waals surface area contributed by atoms with Gasteiger partial charge in [-0.05, 0) is 49.3 Å². The van der Waals surface area contributed by atoms with E-state index in [1.54, 1.807) is 17.5 Å². The van der Waals surface area contributed by atoms with Crippen molar-refractivity contribution in [2.75, 3.05) is 13.1 Å². The van der Waals surface area contributed by atoms with Gasteiger partial charge in [0.1, 0.15) is 16.4 Å². The Morgan fingerprint density at radius 3 is 2.84 bits per heavy atom. The molecule has 31 heavy (non-hydrogen) atoms. The highest BCUT2D eigenvalue weighted by molar-refractivity contribution is 7.91. The molecule has 0 radical (unpaired) electrons. The fourth-order valence-electron chi connectivity index (χ4n) is 3.80. The average molecular weight is 462 g/mol. The van der Waals surface area contributed by atoms with E-state index in [1.807, 2.05) is 26.0 Å². The standard InChI is InChI=1S/C22H23NO6S2/c1-14-7-8-18-17(11-19(24)29-21(18)15(14)2)13-28-22(25)16-5-3-9-23(12-16)31(26,27)20-6-4-10-30-20/h4,6-8,10-11,16H,3,5,9,12-13H2,1-2H3. The summed E-state index contributed by atoms with van der Waals surface area (Å²) >= 11 is 1.16. The number of nitrogens with zero attached hydrogens (tertiary/aromatic N) is 1. The molecule has 2 aromatic heterocycles. The highest BCUT2D eigenvalue weighted by Gasteiger charge is 2.34. The molecule has 4 rings (SSSR count). The largest absolute Gasteiger partial charge is 0.461 e. The summed E-state index contributed by atoms with van der Waals surface area (Å²) in [5.41, 5.74) is 2.42. The Kier molecular flexibility index (Phi) is 6.00. The first-order valence-electron chi connectivity index (χ1n) is 10.0. The van der Waals surface area contributed by atoms with E-state index in [-0.39, 0.29) is 17.4 Å². The Balaban J connectivity index is 1.49. The van der Waals surface area contributed by atoms with E-state index in [4.69, 9.17) is 9.15 Å². The summed E-state index contributed by atoms with van der Waals surface area (Å²) in [7, 11) is -3.61. The zero-order valence-corrected chi connectivity index (χ0v) is 18.9. The fraction of sp³-hybridized carbons (Fsp3) is 0.364. The third-order valence-corrected chi connectivity index (χ3v) is 8.93. The SMILES string of the molecule is Cc1ccc2c(COC(=O)C3CCCN(S(=O)(=O)c4cccs4)C3)cc(=O)oc2c1C. The molecule has 1 aromatic carbocycles. The number of hydrogen-bond acceptors (Lipinski definition) is 7. The Labute approximate surface area is 184 Å². The molecule has 0 saturated carbocycles. The van der Waals surface area contributed by atoms with Gasteiger partial charge in [-0.3, -0.25) is 4.79 Å². The van der Waals surface area contributed by atoms with Crippen molar-refractivity contribution < 1.29 is 22.4 Å². The molecule has 0 N–H and O–H groups in total. The Hall–Kier alpha value is -2.49. The zero-order valence-electron chi connectivity index (χ0n) is 17.3. The molecule has 9 heteroatoms. The summed E-state index contributed by atoms with van der Waals surface area (Å²) in [6, 6.07) is 8.37. The second-order valence-electron chi connectivity index (χ2n) is 7.72. The Morgan fingerprint density at radius 1 is 1.29 bits per heavy atom. The van der Waals surface area contributed by atoms with Crippen LogP contribution >= 0.6 is 11.3 Å². The number of carbonyl (C=O) groups is 1. The van der Waals surface area contributed by atoms with Gasteiger partial charge in [0.15, 0.2) is 0 Å². The van der Waals surface area contributed by atoms with Crippen LogP contribution in [-0.2, 0) is 26.2 Å². The Bertz CT molecular complexity index is 1280. The van der Waals surface area contributed by atoms with Gasteiger partial charge >= 0.3 is 11.6 Å². The number of piperidine rings is 1. The van der Waals surface area contributed by atoms with E-state index in [2.05, 4.69) is 0 Å². The fourth-order valence-corrected chi connectivity index (χ4v) is 6.47. The number of fused-ring (bicyclic) bond motifs is 1. The van der Waals surface area contributed by atoms with Crippen LogP contribution in [0, 0.1) is 19.8 Å². The molecule has 0 spiro atoms. The van der Waals surface area contributed by atoms with Crippen LogP contribution in [0.15, 0.2) is 49.1 Å². The summed E-state index contributed by atoms with van der Waals surface area (Å²) < 4.78 is 38.1. The maximum absolute atomic E-state index is 12.8. The lowest BCUT2D eigenvalue weighted by Crippen LogP contribution is -2.42. The molecule has 1 aliphatic rings. The first kappa shape index (κ1) is 21.7. The molecular weight excluding hydrogens is 438 g/mol. The molecule has 0 aliphatic carbocycles. The number of aryl methyl sites for hydroxylation is 2. The maximum Gasteiger partial charge on any atom is 0.336 e. The van der Waals surface area contributed by atoms with Crippen LogP contribution in [0.5, 0.6) is 0 Å². The van der Waals surface area contributed by atoms with Gasteiger partial charge in [-0.1, -0.05) is 18.2 Å². The number of hydrogen-bond donors (Lipinski definition) is 0. The molecule has 3 aromatic rings. The summed E-state index contributed by atoms with van der Waals surface area (Å²) in [6.07, 6.45) is 1.14. The second kappa shape index (κ2) is 8.57. The van der Waals surface area contributed by atoms with Crippen LogP contribution in [0.4, 0.5) is 0 Å². The molecule has 7 nitrogen and oxygen atoms in total. The number of carbonyl (C=O) groups excluding carboxylic acids is 1. The highest BCUT2D eigenvalue weighted by Crippen LogP contribution is 2.28. The maximum atomic E-state index is 12.8. The van der Waals surface area contributed by atoms with E-state index in [0.29, 0.717) is 30.5 Å². The second-order valence-corrected chi connectivity index (χ2v) is 10.8. The first-order chi connectivity index (χ1) is 14.8. The van der Waals surface area contributed by atoms with Gasteiger partial charge in [0.25, 0.3) is 10.0 Å². The monoisotopic (exact) mass is 461 g/mol. The molecule has 3 heterocycles. The van der Waals surface area contributed by atoms with Crippen molar-refractivity contribution in [1.82, 2.24) is 4.31 Å². The van der Waals surface area contributed by atoms with Crippen molar-refractivity contribution in [2.24, 2.45) is 5.92 Å². The molecule has 1 aliphatic heterocycles. The zero-order chi connectivity index (χ0) is 22.2. The minimum absolute atomic E-state index is 0.0718. The number of esters is 1. The molecule has 1 fully saturated rings. The lowest BCUT2D eigenvalue weighted by atomic mass is 10.00. The highest BCUT2D eigenvalue weighted by atomic mass is 32.2. The van der Waals surface area contributed by atoms with Crippen molar-refractivity contribution in [3.8, 4) is 0 Å². The number of rotatable bonds is 5. The molecule has 0 bridgehead atoms. The first-order valence-corrected chi connectivity index (χ1v) is 12.3. The molecule has 164 valence electrons. The third kappa shape index (κ3) is 4.30. The van der Waals surface area contributed by atoms with Crippen LogP contribution < -0.4 is 5.63 Å². The molecular formula is C22H23NO6S2. The van der Waals surface area contributed by atoms with Crippen LogP contribution in [0.2, 0.25) is 0 Å². The van der Waals surface area contributed by atoms with E-state index in [1.165, 1.54) is 10.4 Å². The third-order valence-electron chi connectivity index (χ3n) is 5.69. The predicted molar refractivity (Wildman–Crippen MR) is 118 cm³/mol. The van der Waals surface area contributed by atoms with Gasteiger partial charge in [-0.25, -0.2) is 13.2 Å². The Morgan fingerprint density at radius 2 is 2.10 bits per heavy atom. The average Bonchev–Trinajstić information content (AvgIpc) is 3.30. The van der Waals surface area contributed by atoms with Crippen molar-refractivity contribution in [3.63, 3.8) is 0 Å². The number of benzene rings is 1. The number of thiophene rings is 1. The van der Waals surface area contributed by atoms with Crippen molar-refractivity contribution in [1.29, 1.82) is 0 Å². The van der Waals surface area contributed by atoms with E-state index in [0.717, 1.165) is 27.8 Å². The smallest absolute Gasteiger partial charge is 0.336 e. The van der Waals surface area contributed by atoms with Crippen LogP contribution in [0.3, 0.4) is 0 Å². The van der Waals surface area contributed by atoms with Gasteiger partial charge in [0.2, 0.25) is 0 Å². The molecule has 1 unspecified atom stereocenters. The van der Waals surface area contributed by atoms with Gasteiger partial charge in [-0.2, -0.15) is 4.31 Å². The number of sulfonamides is 1. The molecule has 0 amide bonds. The van der Waals surface area contributed by atoms with Crippen molar-refractivity contribution in [2.45, 2.75) is 37.5 Å². The van der Waals surface area contributed by atoms with Crippen LogP contribution in [-0.4, -0.2) is 31.8 Å². The summed E-state index contributed by atoms with van der Waals surface area (Å²) in [5.74, 6) is -1.00. The minimum atomic E-state index is -3.61. The van der Waals surface area contributed by atoms with E-state index in [9.17, 15) is 18.0 Å². The van der Waals surface area contributed by atoms with E-state index >= 15 is 0 Å². The normalized spacial score (nSPS) is 17.7. The van der Waals surface area contributed by atoms with Gasteiger partial charge < -0.3 is 9.15 Å². The van der Waals surface area contributed by atoms with Crippen LogP contribution in [0.1, 0.15) is 29.5 Å². The molecule has 1 atom stereocenters. The van der Waals surface area contributed by atoms with Crippen LogP contribution in [0.25, 0.3) is 11.0 Å². The molecule has 1 saturated heterocycles. The van der Waals surface area contributed by atoms with E-state index < -0.39 is 27.5 Å². The van der Waals surface area contributed by atoms with Gasteiger partial charge in [-0.15, -0.1) is 11.3 Å². The lowest BCUT2D eigenvalue weighted by Gasteiger charge is -2.30. The van der Waals surface area contributed by atoms with Crippen molar-refractivity contribution >= 4 is 38.3 Å². The lowest BCUT2D eigenvalue weighted by molar-refractivity contribution is -0.151. The van der Waals surface area contributed by atoms with Crippen molar-refractivity contribution in [3.05, 3.63) is 62.8 Å². The quantitative estimate of drug-likeness (QED) is 0.426. The topological polar surface area (TPSA) is 93.9 Å². The summed E-state index contributed by atoms with van der Waals surface area (Å²) in [4.78, 5) is 24.7. The van der Waals surface area contributed by atoms with Gasteiger partial charge in [0.05, 0.1) is 5.92 Å². The predicted octanol–water partition coefficient (Wildman–Crippen LogP) is 3.62. The summed E-state index contributed by atoms with van der Waals surface area (Å²) in [6.45, 7) is 4.21. The summed E-state index contributed by atoms with van der Waals surface area (Å²) in [5, 5.41) is 2.44. The van der Waals surface area contributed by atoms with Gasteiger partial charge in [0, 0.05) is 30.1 Å². The minimum Gasteiger partial charge on any atom is -0.461 e. The number of ether oxygens (including phenoxy) is 1.